The fourth-order valence-electron chi connectivity index (χ4n) is 2.12. The van der Waals surface area contributed by atoms with Crippen molar-refractivity contribution < 1.29 is 4.39 Å². The molecule has 0 spiro atoms. The monoisotopic (exact) mass is 267 g/mol. The molecule has 0 aliphatic rings. The van der Waals surface area contributed by atoms with Gasteiger partial charge in [0.15, 0.2) is 0 Å². The van der Waals surface area contributed by atoms with Crippen molar-refractivity contribution in [2.45, 2.75) is 6.54 Å². The largest absolute Gasteiger partial charge is 0.325 e. The van der Waals surface area contributed by atoms with Gasteiger partial charge in [-0.3, -0.25) is 0 Å². The van der Waals surface area contributed by atoms with E-state index in [4.69, 9.17) is 5.73 Å². The molecule has 0 unspecified atom stereocenters. The van der Waals surface area contributed by atoms with Crippen LogP contribution in [0.2, 0.25) is 0 Å². The third kappa shape index (κ3) is 2.33. The van der Waals surface area contributed by atoms with Gasteiger partial charge in [-0.05, 0) is 42.5 Å². The average Bonchev–Trinajstić information content (AvgIpc) is 2.93. The Labute approximate surface area is 116 Å². The number of hydrogen-bond acceptors (Lipinski definition) is 2. The van der Waals surface area contributed by atoms with Crippen LogP contribution in [0.15, 0.2) is 60.7 Å². The molecule has 3 rings (SSSR count). The summed E-state index contributed by atoms with van der Waals surface area (Å²) in [6, 6.07) is 18.1. The maximum atomic E-state index is 13.1. The zero-order chi connectivity index (χ0) is 13.9. The highest BCUT2D eigenvalue weighted by Gasteiger charge is 2.10. The second-order valence-electron chi connectivity index (χ2n) is 4.48. The summed E-state index contributed by atoms with van der Waals surface area (Å²) in [5.41, 5.74) is 9.23. The van der Waals surface area contributed by atoms with Crippen molar-refractivity contribution in [2.24, 2.45) is 5.73 Å². The van der Waals surface area contributed by atoms with Gasteiger partial charge < -0.3 is 5.73 Å². The SMILES string of the molecule is NCc1cc(-c2ccc(F)cc2)n(-c2ccccc2)n1. The second kappa shape index (κ2) is 5.27. The van der Waals surface area contributed by atoms with E-state index in [1.165, 1.54) is 12.1 Å². The first kappa shape index (κ1) is 12.6. The lowest BCUT2D eigenvalue weighted by Crippen LogP contribution is -2.01. The average molecular weight is 267 g/mol. The van der Waals surface area contributed by atoms with Gasteiger partial charge in [0.2, 0.25) is 0 Å². The van der Waals surface area contributed by atoms with Gasteiger partial charge in [-0.1, -0.05) is 18.2 Å². The van der Waals surface area contributed by atoms with Crippen LogP contribution in [0.5, 0.6) is 0 Å². The maximum Gasteiger partial charge on any atom is 0.123 e. The number of nitrogens with zero attached hydrogens (tertiary/aromatic N) is 2. The summed E-state index contributed by atoms with van der Waals surface area (Å²) in [7, 11) is 0. The normalized spacial score (nSPS) is 10.7. The Hall–Kier alpha value is -2.46. The lowest BCUT2D eigenvalue weighted by atomic mass is 10.1. The predicted molar refractivity (Wildman–Crippen MR) is 76.8 cm³/mol. The van der Waals surface area contributed by atoms with E-state index in [1.807, 2.05) is 41.1 Å². The molecule has 2 N–H and O–H groups in total. The van der Waals surface area contributed by atoms with Crippen molar-refractivity contribution >= 4 is 0 Å². The summed E-state index contributed by atoms with van der Waals surface area (Å²) in [6.45, 7) is 0.369. The molecule has 3 nitrogen and oxygen atoms in total. The quantitative estimate of drug-likeness (QED) is 0.792. The Morgan fingerprint density at radius 3 is 2.35 bits per heavy atom. The fraction of sp³-hybridized carbons (Fsp3) is 0.0625. The van der Waals surface area contributed by atoms with Crippen LogP contribution in [0.3, 0.4) is 0 Å². The maximum absolute atomic E-state index is 13.1. The van der Waals surface area contributed by atoms with E-state index >= 15 is 0 Å². The molecule has 0 radical (unpaired) electrons. The first-order valence-electron chi connectivity index (χ1n) is 6.38. The predicted octanol–water partition coefficient (Wildman–Crippen LogP) is 3.14. The highest BCUT2D eigenvalue weighted by Crippen LogP contribution is 2.24. The van der Waals surface area contributed by atoms with Crippen LogP contribution in [0, 0.1) is 5.82 Å². The molecule has 0 aliphatic carbocycles. The minimum absolute atomic E-state index is 0.251. The smallest absolute Gasteiger partial charge is 0.123 e. The minimum Gasteiger partial charge on any atom is -0.325 e. The number of para-hydroxylation sites is 1. The Morgan fingerprint density at radius 1 is 1.00 bits per heavy atom. The molecule has 3 aromatic rings. The van der Waals surface area contributed by atoms with E-state index in [-0.39, 0.29) is 5.82 Å². The zero-order valence-corrected chi connectivity index (χ0v) is 10.8. The van der Waals surface area contributed by atoms with Crippen LogP contribution in [0.1, 0.15) is 5.69 Å². The molecule has 100 valence electrons. The van der Waals surface area contributed by atoms with Crippen LogP contribution in [0.25, 0.3) is 16.9 Å². The van der Waals surface area contributed by atoms with Crippen LogP contribution >= 0.6 is 0 Å². The Bertz CT molecular complexity index is 702. The topological polar surface area (TPSA) is 43.8 Å². The van der Waals surface area contributed by atoms with E-state index in [1.54, 1.807) is 12.1 Å². The number of nitrogens with two attached hydrogens (primary N) is 1. The molecule has 0 bridgehead atoms. The number of halogens is 1. The van der Waals surface area contributed by atoms with E-state index < -0.39 is 0 Å². The molecule has 1 aromatic heterocycles. The van der Waals surface area contributed by atoms with Crippen LogP contribution in [-0.2, 0) is 6.54 Å². The number of benzene rings is 2. The summed E-state index contributed by atoms with van der Waals surface area (Å²) < 4.78 is 14.9. The lowest BCUT2D eigenvalue weighted by Gasteiger charge is -2.07. The summed E-state index contributed by atoms with van der Waals surface area (Å²) >= 11 is 0. The van der Waals surface area contributed by atoms with Crippen LogP contribution in [0.4, 0.5) is 4.39 Å². The number of hydrogen-bond donors (Lipinski definition) is 1. The van der Waals surface area contributed by atoms with Crippen LogP contribution in [-0.4, -0.2) is 9.78 Å². The Morgan fingerprint density at radius 2 is 1.70 bits per heavy atom. The second-order valence-corrected chi connectivity index (χ2v) is 4.48. The molecule has 0 aliphatic heterocycles. The van der Waals surface area contributed by atoms with Crippen molar-refractivity contribution in [3.63, 3.8) is 0 Å². The van der Waals surface area contributed by atoms with Gasteiger partial charge in [0, 0.05) is 12.1 Å². The molecular formula is C16H14FN3. The lowest BCUT2D eigenvalue weighted by molar-refractivity contribution is 0.628. The van der Waals surface area contributed by atoms with Gasteiger partial charge in [0.25, 0.3) is 0 Å². The first-order chi connectivity index (χ1) is 9.78. The molecular weight excluding hydrogens is 253 g/mol. The Kier molecular flexibility index (Phi) is 3.31. The van der Waals surface area contributed by atoms with Crippen molar-refractivity contribution in [2.75, 3.05) is 0 Å². The van der Waals surface area contributed by atoms with Gasteiger partial charge in [0.05, 0.1) is 17.1 Å². The van der Waals surface area contributed by atoms with Gasteiger partial charge in [0.1, 0.15) is 5.82 Å². The molecule has 4 heteroatoms. The van der Waals surface area contributed by atoms with Crippen molar-refractivity contribution in [3.05, 3.63) is 72.2 Å². The van der Waals surface area contributed by atoms with Gasteiger partial charge in [-0.2, -0.15) is 5.10 Å². The third-order valence-corrected chi connectivity index (χ3v) is 3.11. The molecule has 1 heterocycles. The molecule has 0 saturated carbocycles. The highest BCUT2D eigenvalue weighted by molar-refractivity contribution is 5.62. The Balaban J connectivity index is 2.15. The molecule has 2 aromatic carbocycles. The van der Waals surface area contributed by atoms with E-state index in [0.717, 1.165) is 22.6 Å². The molecule has 0 fully saturated rings. The standard InChI is InChI=1S/C16H14FN3/c17-13-8-6-12(7-9-13)16-10-14(11-18)19-20(16)15-4-2-1-3-5-15/h1-10H,11,18H2. The summed E-state index contributed by atoms with van der Waals surface area (Å²) in [5.74, 6) is -0.251. The minimum atomic E-state index is -0.251. The first-order valence-corrected chi connectivity index (χ1v) is 6.38. The summed E-state index contributed by atoms with van der Waals surface area (Å²) in [5, 5.41) is 4.50. The third-order valence-electron chi connectivity index (χ3n) is 3.11. The molecule has 0 saturated heterocycles. The highest BCUT2D eigenvalue weighted by atomic mass is 19.1. The molecule has 0 atom stereocenters. The van der Waals surface area contributed by atoms with Gasteiger partial charge in [-0.25, -0.2) is 9.07 Å². The van der Waals surface area contributed by atoms with E-state index in [0.29, 0.717) is 6.54 Å². The van der Waals surface area contributed by atoms with E-state index in [2.05, 4.69) is 5.10 Å². The summed E-state index contributed by atoms with van der Waals surface area (Å²) in [4.78, 5) is 0. The molecule has 20 heavy (non-hydrogen) atoms. The van der Waals surface area contributed by atoms with E-state index in [9.17, 15) is 4.39 Å². The van der Waals surface area contributed by atoms with Gasteiger partial charge >= 0.3 is 0 Å². The number of aromatic nitrogens is 2. The van der Waals surface area contributed by atoms with Gasteiger partial charge in [-0.15, -0.1) is 0 Å². The fourth-order valence-corrected chi connectivity index (χ4v) is 2.12. The van der Waals surface area contributed by atoms with Crippen molar-refractivity contribution in [3.8, 4) is 16.9 Å². The number of rotatable bonds is 3. The van der Waals surface area contributed by atoms with Crippen molar-refractivity contribution in [1.82, 2.24) is 9.78 Å². The zero-order valence-electron chi connectivity index (χ0n) is 10.8. The molecule has 0 amide bonds. The van der Waals surface area contributed by atoms with Crippen molar-refractivity contribution in [1.29, 1.82) is 0 Å². The van der Waals surface area contributed by atoms with Crippen LogP contribution < -0.4 is 5.73 Å². The summed E-state index contributed by atoms with van der Waals surface area (Å²) in [6.07, 6.45) is 0.